The number of aromatic nitrogens is 2. The molecule has 0 spiro atoms. The highest BCUT2D eigenvalue weighted by Crippen LogP contribution is 2.31. The average Bonchev–Trinajstić information content (AvgIpc) is 3.13. The Labute approximate surface area is 163 Å². The Kier molecular flexibility index (Phi) is 6.91. The molecular weight excluding hydrogens is 364 g/mol. The van der Waals surface area contributed by atoms with E-state index in [1.165, 1.54) is 35.1 Å². The molecule has 3 rings (SSSR count). The van der Waals surface area contributed by atoms with Crippen molar-refractivity contribution in [1.82, 2.24) is 15.1 Å². The summed E-state index contributed by atoms with van der Waals surface area (Å²) in [5.41, 5.74) is 1.20. The van der Waals surface area contributed by atoms with E-state index in [1.54, 1.807) is 0 Å². The molecule has 2 unspecified atom stereocenters. The van der Waals surface area contributed by atoms with Crippen LogP contribution in [0.5, 0.6) is 0 Å². The Hall–Kier alpha value is -1.60. The van der Waals surface area contributed by atoms with E-state index in [4.69, 9.17) is 0 Å². The zero-order chi connectivity index (χ0) is 18.4. The monoisotopic (exact) mass is 390 g/mol. The van der Waals surface area contributed by atoms with Crippen molar-refractivity contribution in [3.8, 4) is 0 Å². The van der Waals surface area contributed by atoms with Crippen molar-refractivity contribution in [3.05, 3.63) is 35.9 Å². The first-order chi connectivity index (χ1) is 12.7. The minimum absolute atomic E-state index is 0.128. The van der Waals surface area contributed by atoms with Crippen LogP contribution >= 0.6 is 23.1 Å². The van der Waals surface area contributed by atoms with Crippen LogP contribution in [0, 0.1) is 0 Å². The smallest absolute Gasteiger partial charge is 0.236 e. The van der Waals surface area contributed by atoms with Crippen molar-refractivity contribution in [2.24, 2.45) is 0 Å². The van der Waals surface area contributed by atoms with Crippen LogP contribution in [0.4, 0.5) is 5.13 Å². The molecule has 26 heavy (non-hydrogen) atoms. The molecule has 0 aliphatic carbocycles. The van der Waals surface area contributed by atoms with Crippen LogP contribution in [0.15, 0.2) is 34.7 Å². The van der Waals surface area contributed by atoms with Gasteiger partial charge in [-0.3, -0.25) is 4.79 Å². The van der Waals surface area contributed by atoms with Gasteiger partial charge >= 0.3 is 0 Å². The number of amides is 1. The van der Waals surface area contributed by atoms with E-state index in [1.807, 2.05) is 25.1 Å². The number of rotatable bonds is 7. The summed E-state index contributed by atoms with van der Waals surface area (Å²) in [6, 6.07) is 10.6. The topological polar surface area (TPSA) is 58.1 Å². The molecule has 1 aliphatic rings. The average molecular weight is 391 g/mol. The predicted octanol–water partition coefficient (Wildman–Crippen LogP) is 4.42. The van der Waals surface area contributed by atoms with Gasteiger partial charge in [-0.05, 0) is 38.2 Å². The minimum Gasteiger partial charge on any atom is -0.356 e. The summed E-state index contributed by atoms with van der Waals surface area (Å²) in [6.07, 6.45) is 4.52. The lowest BCUT2D eigenvalue weighted by atomic mass is 10.00. The van der Waals surface area contributed by atoms with Crippen LogP contribution < -0.4 is 5.32 Å². The predicted molar refractivity (Wildman–Crippen MR) is 109 cm³/mol. The maximum Gasteiger partial charge on any atom is 0.236 e. The van der Waals surface area contributed by atoms with Gasteiger partial charge < -0.3 is 10.2 Å². The highest BCUT2D eigenvalue weighted by atomic mass is 32.2. The SMILES string of the molecule is CCC1CCCCN1C(=O)C(C)Sc1nnc(NCc2ccccc2)s1. The molecule has 1 aromatic carbocycles. The molecule has 1 aliphatic heterocycles. The number of nitrogens with zero attached hydrogens (tertiary/aromatic N) is 3. The van der Waals surface area contributed by atoms with Gasteiger partial charge in [0.1, 0.15) is 0 Å². The number of carbonyl (C=O) groups is 1. The summed E-state index contributed by atoms with van der Waals surface area (Å²) < 4.78 is 0.839. The number of hydrogen-bond donors (Lipinski definition) is 1. The Balaban J connectivity index is 1.53. The van der Waals surface area contributed by atoms with Crippen LogP contribution in [0.25, 0.3) is 0 Å². The number of benzene rings is 1. The Morgan fingerprint density at radius 2 is 2.15 bits per heavy atom. The lowest BCUT2D eigenvalue weighted by Crippen LogP contribution is -2.46. The number of likely N-dealkylation sites (tertiary alicyclic amines) is 1. The molecule has 0 saturated carbocycles. The molecule has 1 fully saturated rings. The van der Waals surface area contributed by atoms with Gasteiger partial charge in [-0.15, -0.1) is 10.2 Å². The molecule has 1 N–H and O–H groups in total. The molecule has 7 heteroatoms. The first-order valence-corrected chi connectivity index (χ1v) is 11.0. The largest absolute Gasteiger partial charge is 0.356 e. The zero-order valence-corrected chi connectivity index (χ0v) is 17.0. The maximum atomic E-state index is 12.8. The lowest BCUT2D eigenvalue weighted by Gasteiger charge is -2.36. The second-order valence-electron chi connectivity index (χ2n) is 6.56. The van der Waals surface area contributed by atoms with E-state index < -0.39 is 0 Å². The van der Waals surface area contributed by atoms with E-state index in [0.717, 1.165) is 41.8 Å². The van der Waals surface area contributed by atoms with Crippen molar-refractivity contribution in [2.75, 3.05) is 11.9 Å². The second kappa shape index (κ2) is 9.37. The molecule has 0 bridgehead atoms. The molecule has 140 valence electrons. The van der Waals surface area contributed by atoms with E-state index >= 15 is 0 Å². The summed E-state index contributed by atoms with van der Waals surface area (Å²) >= 11 is 3.02. The number of piperidine rings is 1. The van der Waals surface area contributed by atoms with Crippen molar-refractivity contribution in [2.45, 2.75) is 61.7 Å². The molecule has 0 radical (unpaired) electrons. The fourth-order valence-electron chi connectivity index (χ4n) is 3.25. The van der Waals surface area contributed by atoms with Gasteiger partial charge in [0.15, 0.2) is 4.34 Å². The summed E-state index contributed by atoms with van der Waals surface area (Å²) in [4.78, 5) is 14.9. The molecule has 2 aromatic rings. The van der Waals surface area contributed by atoms with Crippen LogP contribution in [-0.2, 0) is 11.3 Å². The van der Waals surface area contributed by atoms with E-state index in [0.29, 0.717) is 6.04 Å². The third kappa shape index (κ3) is 4.98. The molecule has 1 saturated heterocycles. The quantitative estimate of drug-likeness (QED) is 0.709. The summed E-state index contributed by atoms with van der Waals surface area (Å²) in [7, 11) is 0. The highest BCUT2D eigenvalue weighted by molar-refractivity contribution is 8.02. The van der Waals surface area contributed by atoms with E-state index in [2.05, 4.69) is 39.5 Å². The normalized spacial score (nSPS) is 18.5. The third-order valence-corrected chi connectivity index (χ3v) is 6.75. The molecular formula is C19H26N4OS2. The fourth-order valence-corrected chi connectivity index (χ4v) is 5.21. The van der Waals surface area contributed by atoms with Crippen LogP contribution in [-0.4, -0.2) is 38.8 Å². The van der Waals surface area contributed by atoms with E-state index in [-0.39, 0.29) is 11.2 Å². The Morgan fingerprint density at radius 3 is 2.92 bits per heavy atom. The molecule has 2 atom stereocenters. The summed E-state index contributed by atoms with van der Waals surface area (Å²) in [5.74, 6) is 0.232. The lowest BCUT2D eigenvalue weighted by molar-refractivity contribution is -0.134. The van der Waals surface area contributed by atoms with Gasteiger partial charge in [0.25, 0.3) is 0 Å². The number of hydrogen-bond acceptors (Lipinski definition) is 6. The first kappa shape index (κ1) is 19.2. The Morgan fingerprint density at radius 1 is 1.35 bits per heavy atom. The zero-order valence-electron chi connectivity index (χ0n) is 15.4. The third-order valence-electron chi connectivity index (χ3n) is 4.70. The second-order valence-corrected chi connectivity index (χ2v) is 9.13. The molecule has 5 nitrogen and oxygen atoms in total. The van der Waals surface area contributed by atoms with Gasteiger partial charge in [-0.25, -0.2) is 0 Å². The van der Waals surface area contributed by atoms with Crippen molar-refractivity contribution in [1.29, 1.82) is 0 Å². The van der Waals surface area contributed by atoms with Gasteiger partial charge in [0, 0.05) is 19.1 Å². The molecule has 1 aromatic heterocycles. The molecule has 1 amide bonds. The van der Waals surface area contributed by atoms with Crippen LogP contribution in [0.1, 0.15) is 45.1 Å². The Bertz CT molecular complexity index is 707. The van der Waals surface area contributed by atoms with Crippen molar-refractivity contribution < 1.29 is 4.79 Å². The van der Waals surface area contributed by atoms with Crippen molar-refractivity contribution in [3.63, 3.8) is 0 Å². The van der Waals surface area contributed by atoms with Gasteiger partial charge in [-0.2, -0.15) is 0 Å². The first-order valence-electron chi connectivity index (χ1n) is 9.25. The van der Waals surface area contributed by atoms with Gasteiger partial charge in [-0.1, -0.05) is 60.4 Å². The number of carbonyl (C=O) groups excluding carboxylic acids is 1. The van der Waals surface area contributed by atoms with Gasteiger partial charge in [0.2, 0.25) is 11.0 Å². The van der Waals surface area contributed by atoms with Crippen molar-refractivity contribution >= 4 is 34.1 Å². The summed E-state index contributed by atoms with van der Waals surface area (Å²) in [6.45, 7) is 5.76. The number of anilines is 1. The summed E-state index contributed by atoms with van der Waals surface area (Å²) in [5, 5.41) is 12.4. The standard InChI is InChI=1S/C19H26N4OS2/c1-3-16-11-7-8-12-23(16)17(24)14(2)25-19-22-21-18(26-19)20-13-15-9-5-4-6-10-15/h4-6,9-10,14,16H,3,7-8,11-13H2,1-2H3,(H,20,21). The van der Waals surface area contributed by atoms with Crippen LogP contribution in [0.2, 0.25) is 0 Å². The van der Waals surface area contributed by atoms with Crippen LogP contribution in [0.3, 0.4) is 0 Å². The number of thioether (sulfide) groups is 1. The molecule has 2 heterocycles. The maximum absolute atomic E-state index is 12.8. The number of nitrogens with one attached hydrogen (secondary N) is 1. The van der Waals surface area contributed by atoms with Gasteiger partial charge in [0.05, 0.1) is 5.25 Å². The fraction of sp³-hybridized carbons (Fsp3) is 0.526. The minimum atomic E-state index is -0.128. The van der Waals surface area contributed by atoms with E-state index in [9.17, 15) is 4.79 Å². The highest BCUT2D eigenvalue weighted by Gasteiger charge is 2.29.